The molecule has 0 amide bonds. The van der Waals surface area contributed by atoms with Gasteiger partial charge in [-0.15, -0.1) is 11.3 Å². The molecule has 5 rings (SSSR count). The van der Waals surface area contributed by atoms with E-state index in [9.17, 15) is 9.18 Å². The maximum absolute atomic E-state index is 13.3. The first-order valence-corrected chi connectivity index (χ1v) is 12.3. The molecule has 3 heterocycles. The summed E-state index contributed by atoms with van der Waals surface area (Å²) in [4.78, 5) is 23.0. The molecule has 3 aromatic heterocycles. The van der Waals surface area contributed by atoms with Crippen LogP contribution in [0.2, 0.25) is 0 Å². The first-order valence-electron chi connectivity index (χ1n) is 10.4. The number of thiophene rings is 1. The van der Waals surface area contributed by atoms with E-state index >= 15 is 0 Å². The number of rotatable bonds is 6. The summed E-state index contributed by atoms with van der Waals surface area (Å²) in [6, 6.07) is 18.3. The number of aromatic nitrogens is 3. The molecular weight excluding hydrogens is 453 g/mol. The molecule has 0 unspecified atom stereocenters. The third-order valence-electron chi connectivity index (χ3n) is 5.58. The zero-order valence-electron chi connectivity index (χ0n) is 18.1. The molecule has 7 heteroatoms. The molecule has 0 saturated carbocycles. The quantitative estimate of drug-likeness (QED) is 0.153. The minimum absolute atomic E-state index is 0.0321. The molecule has 164 valence electrons. The molecule has 0 N–H and O–H groups in total. The maximum atomic E-state index is 13.3. The summed E-state index contributed by atoms with van der Waals surface area (Å²) in [5, 5.41) is 3.89. The summed E-state index contributed by atoms with van der Waals surface area (Å²) in [5.41, 5.74) is 5.47. The summed E-state index contributed by atoms with van der Waals surface area (Å²) in [6.45, 7) is 3.87. The van der Waals surface area contributed by atoms with Crippen molar-refractivity contribution >= 4 is 39.1 Å². The molecule has 0 aliphatic carbocycles. The molecule has 2 aromatic carbocycles. The molecule has 4 nitrogen and oxygen atoms in total. The van der Waals surface area contributed by atoms with Gasteiger partial charge >= 0.3 is 0 Å². The fraction of sp³-hybridized carbons (Fsp3) is 0.115. The van der Waals surface area contributed by atoms with E-state index in [4.69, 9.17) is 0 Å². The highest BCUT2D eigenvalue weighted by molar-refractivity contribution is 8.00. The second-order valence-electron chi connectivity index (χ2n) is 7.68. The van der Waals surface area contributed by atoms with E-state index < -0.39 is 0 Å². The van der Waals surface area contributed by atoms with E-state index in [-0.39, 0.29) is 17.4 Å². The normalized spacial score (nSPS) is 11.2. The number of Topliss-reactive ketones (excluding diaryl/α,β-unsaturated/α-hetero) is 1. The van der Waals surface area contributed by atoms with Gasteiger partial charge in [-0.3, -0.25) is 4.79 Å². The SMILES string of the molecule is Cc1cc(C(=O)CSc2ncnc3scc(-c4ccccc4)c23)c(C)n1-c1ccc(F)cc1. The van der Waals surface area contributed by atoms with Gasteiger partial charge in [0.1, 0.15) is 22.0 Å². The Labute approximate surface area is 199 Å². The van der Waals surface area contributed by atoms with Gasteiger partial charge in [0.2, 0.25) is 0 Å². The Morgan fingerprint density at radius 3 is 2.58 bits per heavy atom. The van der Waals surface area contributed by atoms with Crippen LogP contribution in [0.15, 0.2) is 77.4 Å². The van der Waals surface area contributed by atoms with Crippen LogP contribution in [-0.2, 0) is 0 Å². The van der Waals surface area contributed by atoms with E-state index in [1.807, 2.05) is 42.7 Å². The first kappa shape index (κ1) is 21.6. The van der Waals surface area contributed by atoms with E-state index in [0.717, 1.165) is 43.4 Å². The number of thioether (sulfide) groups is 1. The van der Waals surface area contributed by atoms with Gasteiger partial charge in [-0.25, -0.2) is 14.4 Å². The predicted octanol–water partition coefficient (Wildman–Crippen LogP) is 6.88. The Balaban J connectivity index is 1.43. The first-order chi connectivity index (χ1) is 16.0. The number of hydrogen-bond acceptors (Lipinski definition) is 5. The highest BCUT2D eigenvalue weighted by Gasteiger charge is 2.19. The number of benzene rings is 2. The fourth-order valence-electron chi connectivity index (χ4n) is 4.03. The van der Waals surface area contributed by atoms with Gasteiger partial charge in [0.15, 0.2) is 5.78 Å². The Hall–Kier alpha value is -3.29. The lowest BCUT2D eigenvalue weighted by atomic mass is 10.1. The van der Waals surface area contributed by atoms with Crippen molar-refractivity contribution in [3.63, 3.8) is 0 Å². The average Bonchev–Trinajstić information content (AvgIpc) is 3.40. The van der Waals surface area contributed by atoms with Crippen molar-refractivity contribution in [1.82, 2.24) is 14.5 Å². The van der Waals surface area contributed by atoms with Crippen LogP contribution in [0.5, 0.6) is 0 Å². The van der Waals surface area contributed by atoms with Crippen LogP contribution in [0.25, 0.3) is 27.0 Å². The number of carbonyl (C=O) groups is 1. The third kappa shape index (κ3) is 4.10. The number of carbonyl (C=O) groups excluding carboxylic acids is 1. The summed E-state index contributed by atoms with van der Waals surface area (Å²) in [7, 11) is 0. The van der Waals surface area contributed by atoms with Crippen LogP contribution in [0, 0.1) is 19.7 Å². The van der Waals surface area contributed by atoms with Gasteiger partial charge in [0.05, 0.1) is 11.1 Å². The van der Waals surface area contributed by atoms with Crippen molar-refractivity contribution in [2.45, 2.75) is 18.9 Å². The van der Waals surface area contributed by atoms with Gasteiger partial charge in [0, 0.05) is 33.6 Å². The van der Waals surface area contributed by atoms with Crippen LogP contribution in [0.3, 0.4) is 0 Å². The smallest absolute Gasteiger partial charge is 0.174 e. The molecule has 0 radical (unpaired) electrons. The van der Waals surface area contributed by atoms with Crippen molar-refractivity contribution in [2.24, 2.45) is 0 Å². The predicted molar refractivity (Wildman–Crippen MR) is 133 cm³/mol. The number of ketones is 1. The van der Waals surface area contributed by atoms with Crippen LogP contribution < -0.4 is 0 Å². The minimum atomic E-state index is -0.284. The average molecular weight is 474 g/mol. The zero-order valence-corrected chi connectivity index (χ0v) is 19.7. The lowest BCUT2D eigenvalue weighted by Gasteiger charge is -2.10. The molecule has 5 aromatic rings. The van der Waals surface area contributed by atoms with Gasteiger partial charge in [0.25, 0.3) is 0 Å². The summed E-state index contributed by atoms with van der Waals surface area (Å²) >= 11 is 3.02. The van der Waals surface area contributed by atoms with Gasteiger partial charge in [-0.2, -0.15) is 0 Å². The lowest BCUT2D eigenvalue weighted by molar-refractivity contribution is 0.102. The van der Waals surface area contributed by atoms with Gasteiger partial charge in [-0.1, -0.05) is 42.1 Å². The fourth-order valence-corrected chi connectivity index (χ4v) is 5.91. The van der Waals surface area contributed by atoms with Crippen molar-refractivity contribution in [3.8, 4) is 16.8 Å². The summed E-state index contributed by atoms with van der Waals surface area (Å²) < 4.78 is 15.3. The Morgan fingerprint density at radius 1 is 1.06 bits per heavy atom. The zero-order chi connectivity index (χ0) is 22.9. The van der Waals surface area contributed by atoms with Crippen molar-refractivity contribution < 1.29 is 9.18 Å². The largest absolute Gasteiger partial charge is 0.318 e. The second-order valence-corrected chi connectivity index (χ2v) is 9.51. The number of nitrogens with zero attached hydrogens (tertiary/aromatic N) is 3. The molecule has 0 aliphatic heterocycles. The van der Waals surface area contributed by atoms with Crippen LogP contribution in [-0.4, -0.2) is 26.1 Å². The minimum Gasteiger partial charge on any atom is -0.318 e. The molecule has 0 saturated heterocycles. The van der Waals surface area contributed by atoms with E-state index in [1.54, 1.807) is 29.8 Å². The molecular formula is C26H20FN3OS2. The number of aryl methyl sites for hydroxylation is 1. The van der Waals surface area contributed by atoms with E-state index in [2.05, 4.69) is 27.5 Å². The van der Waals surface area contributed by atoms with Crippen LogP contribution >= 0.6 is 23.1 Å². The highest BCUT2D eigenvalue weighted by Crippen LogP contribution is 2.38. The topological polar surface area (TPSA) is 47.8 Å². The Morgan fingerprint density at radius 2 is 1.82 bits per heavy atom. The van der Waals surface area contributed by atoms with Crippen molar-refractivity contribution in [2.75, 3.05) is 5.75 Å². The highest BCUT2D eigenvalue weighted by atomic mass is 32.2. The molecule has 0 fully saturated rings. The van der Waals surface area contributed by atoms with Gasteiger partial charge in [-0.05, 0) is 49.7 Å². The molecule has 0 atom stereocenters. The van der Waals surface area contributed by atoms with E-state index in [1.165, 1.54) is 23.9 Å². The number of fused-ring (bicyclic) bond motifs is 1. The molecule has 0 aliphatic rings. The number of halogens is 1. The van der Waals surface area contributed by atoms with Crippen LogP contribution in [0.4, 0.5) is 4.39 Å². The second kappa shape index (κ2) is 8.92. The van der Waals surface area contributed by atoms with E-state index in [0.29, 0.717) is 5.56 Å². The monoisotopic (exact) mass is 473 g/mol. The standard InChI is InChI=1S/C26H20FN3OS2/c1-16-12-21(17(2)30(16)20-10-8-19(27)9-11-20)23(31)14-33-26-24-22(18-6-4-3-5-7-18)13-32-25(24)28-15-29-26/h3-13,15H,14H2,1-2H3. The lowest BCUT2D eigenvalue weighted by Crippen LogP contribution is -2.06. The maximum Gasteiger partial charge on any atom is 0.174 e. The number of hydrogen-bond donors (Lipinski definition) is 0. The molecule has 0 bridgehead atoms. The molecule has 33 heavy (non-hydrogen) atoms. The van der Waals surface area contributed by atoms with Crippen LogP contribution in [0.1, 0.15) is 21.7 Å². The molecule has 0 spiro atoms. The third-order valence-corrected chi connectivity index (χ3v) is 7.45. The van der Waals surface area contributed by atoms with Crippen molar-refractivity contribution in [1.29, 1.82) is 0 Å². The van der Waals surface area contributed by atoms with Gasteiger partial charge < -0.3 is 4.57 Å². The summed E-state index contributed by atoms with van der Waals surface area (Å²) in [5.74, 6) is 0.0160. The Bertz CT molecular complexity index is 1460. The summed E-state index contributed by atoms with van der Waals surface area (Å²) in [6.07, 6.45) is 1.56. The Kier molecular flexibility index (Phi) is 5.83. The van der Waals surface area contributed by atoms with Crippen molar-refractivity contribution in [3.05, 3.63) is 95.1 Å².